The van der Waals surface area contributed by atoms with Crippen molar-refractivity contribution in [3.05, 3.63) is 34.4 Å². The predicted octanol–water partition coefficient (Wildman–Crippen LogP) is 5.72. The van der Waals surface area contributed by atoms with E-state index in [0.717, 1.165) is 16.7 Å². The molecule has 0 aliphatic heterocycles. The van der Waals surface area contributed by atoms with Crippen molar-refractivity contribution >= 4 is 5.97 Å². The number of esters is 1. The summed E-state index contributed by atoms with van der Waals surface area (Å²) in [5.41, 5.74) is 3.31. The average Bonchev–Trinajstić information content (AvgIpc) is 2.46. The SMILES string of the molecule is CC.CC(C)c1cc(C#N)cc(C(C)C)c1CC(=O)OC(C)(C)C. The zero-order valence-electron chi connectivity index (χ0n) is 16.8. The van der Waals surface area contributed by atoms with Crippen LogP contribution in [-0.2, 0) is 16.0 Å². The molecular formula is C21H33NO2. The molecule has 3 nitrogen and oxygen atoms in total. The number of carbonyl (C=O) groups is 1. The van der Waals surface area contributed by atoms with Crippen LogP contribution in [0, 0.1) is 11.3 Å². The van der Waals surface area contributed by atoms with Crippen molar-refractivity contribution in [2.75, 3.05) is 0 Å². The summed E-state index contributed by atoms with van der Waals surface area (Å²) in [7, 11) is 0. The van der Waals surface area contributed by atoms with Crippen molar-refractivity contribution < 1.29 is 9.53 Å². The molecule has 0 aliphatic rings. The number of benzene rings is 1. The summed E-state index contributed by atoms with van der Waals surface area (Å²) in [6.07, 6.45) is 0.254. The van der Waals surface area contributed by atoms with E-state index in [9.17, 15) is 10.1 Å². The fraction of sp³-hybridized carbons (Fsp3) is 0.619. The second kappa shape index (κ2) is 9.47. The molecule has 24 heavy (non-hydrogen) atoms. The lowest BCUT2D eigenvalue weighted by molar-refractivity contribution is -0.153. The summed E-state index contributed by atoms with van der Waals surface area (Å²) in [6.45, 7) is 17.9. The van der Waals surface area contributed by atoms with Gasteiger partial charge in [0.25, 0.3) is 0 Å². The first kappa shape index (κ1) is 22.2. The standard InChI is InChI=1S/C19H27NO2.C2H6/c1-12(2)15-8-14(11-20)9-16(13(3)4)17(15)10-18(21)22-19(5,6)7;1-2/h8-9,12-13H,10H2,1-7H3;1-2H3. The number of hydrogen-bond acceptors (Lipinski definition) is 3. The zero-order valence-corrected chi connectivity index (χ0v) is 16.8. The van der Waals surface area contributed by atoms with E-state index >= 15 is 0 Å². The van der Waals surface area contributed by atoms with E-state index in [1.807, 2.05) is 46.8 Å². The van der Waals surface area contributed by atoms with E-state index in [0.29, 0.717) is 5.56 Å². The number of nitrogens with zero attached hydrogens (tertiary/aromatic N) is 1. The Labute approximate surface area is 148 Å². The van der Waals surface area contributed by atoms with Crippen LogP contribution in [0.4, 0.5) is 0 Å². The fourth-order valence-electron chi connectivity index (χ4n) is 2.54. The molecule has 0 aromatic heterocycles. The summed E-state index contributed by atoms with van der Waals surface area (Å²) >= 11 is 0. The number of nitriles is 1. The largest absolute Gasteiger partial charge is 0.460 e. The lowest BCUT2D eigenvalue weighted by Crippen LogP contribution is -2.25. The van der Waals surface area contributed by atoms with Gasteiger partial charge in [0, 0.05) is 0 Å². The second-order valence-corrected chi connectivity index (χ2v) is 7.32. The summed E-state index contributed by atoms with van der Waals surface area (Å²) in [5.74, 6) is 0.285. The van der Waals surface area contributed by atoms with Crippen LogP contribution < -0.4 is 0 Å². The first-order valence-electron chi connectivity index (χ1n) is 8.83. The molecule has 1 aromatic rings. The van der Waals surface area contributed by atoms with Crippen LogP contribution in [0.25, 0.3) is 0 Å². The van der Waals surface area contributed by atoms with Crippen molar-refractivity contribution in [3.63, 3.8) is 0 Å². The van der Waals surface area contributed by atoms with Crippen molar-refractivity contribution in [3.8, 4) is 6.07 Å². The Bertz CT molecular complexity index is 558. The Balaban J connectivity index is 0.00000254. The monoisotopic (exact) mass is 331 g/mol. The zero-order chi connectivity index (χ0) is 19.1. The highest BCUT2D eigenvalue weighted by Gasteiger charge is 2.22. The van der Waals surface area contributed by atoms with Crippen molar-refractivity contribution in [2.45, 2.75) is 86.2 Å². The normalized spacial score (nSPS) is 10.9. The lowest BCUT2D eigenvalue weighted by atomic mass is 9.85. The molecule has 0 saturated carbocycles. The molecule has 0 fully saturated rings. The van der Waals surface area contributed by atoms with E-state index in [1.165, 1.54) is 0 Å². The Kier molecular flexibility index (Phi) is 8.75. The number of hydrogen-bond donors (Lipinski definition) is 0. The average molecular weight is 332 g/mol. The lowest BCUT2D eigenvalue weighted by Gasteiger charge is -2.23. The van der Waals surface area contributed by atoms with Gasteiger partial charge in [-0.15, -0.1) is 0 Å². The van der Waals surface area contributed by atoms with E-state index < -0.39 is 5.60 Å². The molecule has 0 saturated heterocycles. The van der Waals surface area contributed by atoms with Crippen molar-refractivity contribution in [2.24, 2.45) is 0 Å². The molecule has 0 unspecified atom stereocenters. The topological polar surface area (TPSA) is 50.1 Å². The minimum atomic E-state index is -0.486. The van der Waals surface area contributed by atoms with Crippen LogP contribution in [0.2, 0.25) is 0 Å². The van der Waals surface area contributed by atoms with Crippen LogP contribution in [0.1, 0.15) is 96.4 Å². The number of ether oxygens (including phenoxy) is 1. The van der Waals surface area contributed by atoms with Crippen LogP contribution in [0.5, 0.6) is 0 Å². The molecule has 0 amide bonds. The van der Waals surface area contributed by atoms with Gasteiger partial charge in [-0.1, -0.05) is 41.5 Å². The highest BCUT2D eigenvalue weighted by molar-refractivity contribution is 5.74. The molecule has 3 heteroatoms. The number of rotatable bonds is 4. The fourth-order valence-corrected chi connectivity index (χ4v) is 2.54. The molecule has 0 radical (unpaired) electrons. The molecular weight excluding hydrogens is 298 g/mol. The Morgan fingerprint density at radius 1 is 1.08 bits per heavy atom. The van der Waals surface area contributed by atoms with Gasteiger partial charge >= 0.3 is 5.97 Å². The van der Waals surface area contributed by atoms with E-state index in [-0.39, 0.29) is 24.2 Å². The van der Waals surface area contributed by atoms with Gasteiger partial charge in [-0.3, -0.25) is 4.79 Å². The summed E-state index contributed by atoms with van der Waals surface area (Å²) in [6, 6.07) is 6.02. The summed E-state index contributed by atoms with van der Waals surface area (Å²) in [5, 5.41) is 9.23. The third kappa shape index (κ3) is 6.74. The van der Waals surface area contributed by atoms with Crippen LogP contribution in [-0.4, -0.2) is 11.6 Å². The van der Waals surface area contributed by atoms with Gasteiger partial charge in [0.2, 0.25) is 0 Å². The first-order chi connectivity index (χ1) is 11.0. The Hall–Kier alpha value is -1.82. The van der Waals surface area contributed by atoms with Gasteiger partial charge in [0.05, 0.1) is 18.1 Å². The molecule has 0 spiro atoms. The quantitative estimate of drug-likeness (QED) is 0.663. The van der Waals surface area contributed by atoms with Crippen molar-refractivity contribution in [1.29, 1.82) is 5.26 Å². The summed E-state index contributed by atoms with van der Waals surface area (Å²) < 4.78 is 5.46. The third-order valence-electron chi connectivity index (χ3n) is 3.43. The minimum absolute atomic E-state index is 0.221. The van der Waals surface area contributed by atoms with Gasteiger partial charge in [0.15, 0.2) is 0 Å². The molecule has 0 N–H and O–H groups in total. The molecule has 0 atom stereocenters. The van der Waals surface area contributed by atoms with E-state index in [4.69, 9.17) is 4.74 Å². The first-order valence-corrected chi connectivity index (χ1v) is 8.83. The van der Waals surface area contributed by atoms with E-state index in [2.05, 4.69) is 33.8 Å². The maximum absolute atomic E-state index is 12.2. The van der Waals surface area contributed by atoms with Crippen molar-refractivity contribution in [1.82, 2.24) is 0 Å². The van der Waals surface area contributed by atoms with Crippen LogP contribution in [0.3, 0.4) is 0 Å². The summed E-state index contributed by atoms with van der Waals surface area (Å²) in [4.78, 5) is 12.2. The van der Waals surface area contributed by atoms with Gasteiger partial charge in [-0.2, -0.15) is 5.26 Å². The molecule has 0 heterocycles. The maximum atomic E-state index is 12.2. The molecule has 1 aromatic carbocycles. The minimum Gasteiger partial charge on any atom is -0.460 e. The number of carbonyl (C=O) groups excluding carboxylic acids is 1. The van der Waals surface area contributed by atoms with Gasteiger partial charge in [0.1, 0.15) is 5.60 Å². The maximum Gasteiger partial charge on any atom is 0.310 e. The Morgan fingerprint density at radius 3 is 1.79 bits per heavy atom. The highest BCUT2D eigenvalue weighted by atomic mass is 16.6. The van der Waals surface area contributed by atoms with Crippen LogP contribution >= 0.6 is 0 Å². The molecule has 134 valence electrons. The molecule has 0 bridgehead atoms. The highest BCUT2D eigenvalue weighted by Crippen LogP contribution is 2.30. The predicted molar refractivity (Wildman–Crippen MR) is 100 cm³/mol. The van der Waals surface area contributed by atoms with Gasteiger partial charge in [-0.25, -0.2) is 0 Å². The smallest absolute Gasteiger partial charge is 0.310 e. The van der Waals surface area contributed by atoms with Gasteiger partial charge < -0.3 is 4.74 Å². The second-order valence-electron chi connectivity index (χ2n) is 7.32. The molecule has 1 rings (SSSR count). The molecule has 0 aliphatic carbocycles. The van der Waals surface area contributed by atoms with Gasteiger partial charge in [-0.05, 0) is 61.4 Å². The van der Waals surface area contributed by atoms with E-state index in [1.54, 1.807) is 0 Å². The Morgan fingerprint density at radius 2 is 1.50 bits per heavy atom. The van der Waals surface area contributed by atoms with Crippen LogP contribution in [0.15, 0.2) is 12.1 Å². The third-order valence-corrected chi connectivity index (χ3v) is 3.43.